The first-order valence-electron chi connectivity index (χ1n) is 6.59. The predicted octanol–water partition coefficient (Wildman–Crippen LogP) is 0.290. The highest BCUT2D eigenvalue weighted by atomic mass is 32.2. The van der Waals surface area contributed by atoms with Gasteiger partial charge in [-0.15, -0.1) is 0 Å². The molecule has 4 nitrogen and oxygen atoms in total. The maximum Gasteiger partial charge on any atom is 0.238 e. The summed E-state index contributed by atoms with van der Waals surface area (Å²) < 4.78 is 0. The van der Waals surface area contributed by atoms with Crippen LogP contribution < -0.4 is 10.6 Å². The van der Waals surface area contributed by atoms with E-state index in [2.05, 4.69) is 22.5 Å². The zero-order valence-corrected chi connectivity index (χ0v) is 11.6. The van der Waals surface area contributed by atoms with Crippen LogP contribution in [0.15, 0.2) is 0 Å². The lowest BCUT2D eigenvalue weighted by atomic mass is 10.0. The number of thioether (sulfide) groups is 1. The number of carbonyl (C=O) groups is 1. The number of nitrogens with one attached hydrogen (secondary N) is 2. The minimum absolute atomic E-state index is 0.0230. The number of likely N-dealkylation sites (N-methyl/N-ethyl adjacent to an activating group) is 1. The molecular weight excluding hydrogens is 234 g/mol. The van der Waals surface area contributed by atoms with Crippen molar-refractivity contribution in [1.82, 2.24) is 15.5 Å². The van der Waals surface area contributed by atoms with Crippen molar-refractivity contribution in [3.63, 3.8) is 0 Å². The smallest absolute Gasteiger partial charge is 0.238 e. The van der Waals surface area contributed by atoms with Crippen molar-refractivity contribution < 1.29 is 4.79 Å². The van der Waals surface area contributed by atoms with E-state index in [1.807, 2.05) is 18.7 Å². The van der Waals surface area contributed by atoms with Crippen molar-refractivity contribution in [3.8, 4) is 0 Å². The minimum atomic E-state index is 0.0230. The summed E-state index contributed by atoms with van der Waals surface area (Å²) in [5.41, 5.74) is 0. The van der Waals surface area contributed by atoms with Crippen LogP contribution in [0.4, 0.5) is 0 Å². The van der Waals surface area contributed by atoms with Gasteiger partial charge in [0.25, 0.3) is 0 Å². The second-order valence-electron chi connectivity index (χ2n) is 4.78. The Labute approximate surface area is 108 Å². The summed E-state index contributed by atoms with van der Waals surface area (Å²) in [6.07, 6.45) is 1.22. The zero-order valence-electron chi connectivity index (χ0n) is 10.7. The number of nitrogens with zero attached hydrogens (tertiary/aromatic N) is 1. The van der Waals surface area contributed by atoms with Crippen LogP contribution in [0, 0.1) is 0 Å². The molecule has 17 heavy (non-hydrogen) atoms. The van der Waals surface area contributed by atoms with Gasteiger partial charge in [0.2, 0.25) is 5.91 Å². The quantitative estimate of drug-likeness (QED) is 0.763. The van der Waals surface area contributed by atoms with E-state index in [0.717, 1.165) is 26.2 Å². The summed E-state index contributed by atoms with van der Waals surface area (Å²) in [6, 6.07) is 0.601. The lowest BCUT2D eigenvalue weighted by molar-refractivity contribution is -0.128. The van der Waals surface area contributed by atoms with Crippen molar-refractivity contribution in [2.75, 3.05) is 31.9 Å². The first-order valence-corrected chi connectivity index (χ1v) is 7.64. The molecule has 0 radical (unpaired) electrons. The van der Waals surface area contributed by atoms with Crippen LogP contribution in [-0.2, 0) is 4.79 Å². The molecule has 2 fully saturated rings. The van der Waals surface area contributed by atoms with E-state index in [1.54, 1.807) is 0 Å². The Morgan fingerprint density at radius 2 is 2.41 bits per heavy atom. The second-order valence-corrected chi connectivity index (χ2v) is 6.27. The number of rotatable bonds is 3. The predicted molar refractivity (Wildman–Crippen MR) is 72.4 cm³/mol. The molecule has 3 unspecified atom stereocenters. The third kappa shape index (κ3) is 2.95. The van der Waals surface area contributed by atoms with Crippen molar-refractivity contribution >= 4 is 17.7 Å². The fraction of sp³-hybridized carbons (Fsp3) is 0.917. The summed E-state index contributed by atoms with van der Waals surface area (Å²) in [4.78, 5) is 14.5. The van der Waals surface area contributed by atoms with E-state index in [0.29, 0.717) is 11.3 Å². The molecule has 0 aromatic rings. The van der Waals surface area contributed by atoms with Gasteiger partial charge in [-0.2, -0.15) is 11.8 Å². The third-order valence-corrected chi connectivity index (χ3v) is 5.01. The van der Waals surface area contributed by atoms with Gasteiger partial charge < -0.3 is 10.6 Å². The normalized spacial score (nSPS) is 34.8. The zero-order chi connectivity index (χ0) is 12.3. The standard InChI is InChI=1S/C12H23N3OS/c1-3-14-12(16)11-8-13-5-6-15(11)10-4-7-17-9(10)2/h9-11,13H,3-8H2,1-2H3,(H,14,16). The van der Waals surface area contributed by atoms with E-state index >= 15 is 0 Å². The molecule has 0 bridgehead atoms. The summed E-state index contributed by atoms with van der Waals surface area (Å²) in [5, 5.41) is 6.95. The lowest BCUT2D eigenvalue weighted by Crippen LogP contribution is -2.61. The Morgan fingerprint density at radius 1 is 1.59 bits per heavy atom. The molecule has 0 aliphatic carbocycles. The molecule has 0 spiro atoms. The highest BCUT2D eigenvalue weighted by molar-refractivity contribution is 8.00. The van der Waals surface area contributed by atoms with E-state index in [-0.39, 0.29) is 11.9 Å². The minimum Gasteiger partial charge on any atom is -0.355 e. The van der Waals surface area contributed by atoms with E-state index in [1.165, 1.54) is 12.2 Å². The number of piperazine rings is 1. The molecule has 0 aromatic heterocycles. The van der Waals surface area contributed by atoms with Gasteiger partial charge in [0.1, 0.15) is 6.04 Å². The van der Waals surface area contributed by atoms with Gasteiger partial charge in [-0.3, -0.25) is 9.69 Å². The molecule has 2 saturated heterocycles. The van der Waals surface area contributed by atoms with Crippen molar-refractivity contribution in [1.29, 1.82) is 0 Å². The van der Waals surface area contributed by atoms with E-state index < -0.39 is 0 Å². The molecule has 98 valence electrons. The maximum absolute atomic E-state index is 12.1. The summed E-state index contributed by atoms with van der Waals surface area (Å²) in [6.45, 7) is 7.78. The Bertz CT molecular complexity index is 274. The molecule has 2 N–H and O–H groups in total. The summed E-state index contributed by atoms with van der Waals surface area (Å²) >= 11 is 2.03. The number of hydrogen-bond acceptors (Lipinski definition) is 4. The summed E-state index contributed by atoms with van der Waals surface area (Å²) in [5.74, 6) is 1.42. The van der Waals surface area contributed by atoms with Crippen molar-refractivity contribution in [3.05, 3.63) is 0 Å². The molecule has 5 heteroatoms. The lowest BCUT2D eigenvalue weighted by Gasteiger charge is -2.40. The van der Waals surface area contributed by atoms with Crippen LogP contribution in [0.1, 0.15) is 20.3 Å². The average Bonchev–Trinajstić information content (AvgIpc) is 2.76. The average molecular weight is 257 g/mol. The Kier molecular flexibility index (Phi) is 4.70. The fourth-order valence-electron chi connectivity index (χ4n) is 2.81. The molecule has 1 amide bonds. The SMILES string of the molecule is CCNC(=O)C1CNCCN1C1CCSC1C. The van der Waals surface area contributed by atoms with Gasteiger partial charge in [0.15, 0.2) is 0 Å². The Morgan fingerprint density at radius 3 is 3.06 bits per heavy atom. The monoisotopic (exact) mass is 257 g/mol. The molecule has 3 atom stereocenters. The molecule has 2 rings (SSSR count). The number of carbonyl (C=O) groups excluding carboxylic acids is 1. The highest BCUT2D eigenvalue weighted by Crippen LogP contribution is 2.31. The molecule has 0 aromatic carbocycles. The molecule has 2 aliphatic rings. The van der Waals surface area contributed by atoms with Gasteiger partial charge in [0.05, 0.1) is 0 Å². The van der Waals surface area contributed by atoms with Gasteiger partial charge in [-0.1, -0.05) is 6.92 Å². The summed E-state index contributed by atoms with van der Waals surface area (Å²) in [7, 11) is 0. The number of amides is 1. The van der Waals surface area contributed by atoms with Gasteiger partial charge >= 0.3 is 0 Å². The number of hydrogen-bond donors (Lipinski definition) is 2. The Balaban J connectivity index is 2.03. The van der Waals surface area contributed by atoms with E-state index in [4.69, 9.17) is 0 Å². The van der Waals surface area contributed by atoms with Crippen LogP contribution >= 0.6 is 11.8 Å². The van der Waals surface area contributed by atoms with Crippen molar-refractivity contribution in [2.45, 2.75) is 37.6 Å². The van der Waals surface area contributed by atoms with Gasteiger partial charge in [0, 0.05) is 37.5 Å². The van der Waals surface area contributed by atoms with Gasteiger partial charge in [-0.25, -0.2) is 0 Å². The molecule has 2 heterocycles. The van der Waals surface area contributed by atoms with Crippen LogP contribution in [0.3, 0.4) is 0 Å². The van der Waals surface area contributed by atoms with Gasteiger partial charge in [-0.05, 0) is 19.1 Å². The third-order valence-electron chi connectivity index (χ3n) is 3.70. The first-order chi connectivity index (χ1) is 8.24. The highest BCUT2D eigenvalue weighted by Gasteiger charge is 2.37. The fourth-order valence-corrected chi connectivity index (χ4v) is 4.07. The molecular formula is C12H23N3OS. The maximum atomic E-state index is 12.1. The van der Waals surface area contributed by atoms with Crippen LogP contribution in [0.25, 0.3) is 0 Å². The van der Waals surface area contributed by atoms with Crippen LogP contribution in [0.2, 0.25) is 0 Å². The largest absolute Gasteiger partial charge is 0.355 e. The second kappa shape index (κ2) is 6.07. The Hall–Kier alpha value is -0.260. The van der Waals surface area contributed by atoms with E-state index in [9.17, 15) is 4.79 Å². The molecule has 0 saturated carbocycles. The van der Waals surface area contributed by atoms with Crippen molar-refractivity contribution in [2.24, 2.45) is 0 Å². The topological polar surface area (TPSA) is 44.4 Å². The van der Waals surface area contributed by atoms with Crippen LogP contribution in [0.5, 0.6) is 0 Å². The molecule has 2 aliphatic heterocycles. The van der Waals surface area contributed by atoms with Crippen LogP contribution in [-0.4, -0.2) is 60.1 Å². The first kappa shape index (κ1) is 13.2.